The molecule has 1 atom stereocenters. The summed E-state index contributed by atoms with van der Waals surface area (Å²) >= 11 is 0. The summed E-state index contributed by atoms with van der Waals surface area (Å²) in [5.41, 5.74) is 0.163. The summed E-state index contributed by atoms with van der Waals surface area (Å²) in [5.74, 6) is -3.12. The summed E-state index contributed by atoms with van der Waals surface area (Å²) in [6.07, 6.45) is 4.87. The minimum Gasteiger partial charge on any atom is -0.459 e. The standard InChI is InChI=1S/C26H25F2N3O4/c27-18-13-11-17(12-14-18)24(26(34)30-19-6-1-2-7-19)31(21-9-4-3-8-20(21)28)23(32)16-29-25(33)22-10-5-15-35-22/h3-5,8-15,19,24H,1-2,6-7,16H2,(H,29,33)(H,30,34)/t24-/m0/s1. The number of halogens is 2. The van der Waals surface area contributed by atoms with Gasteiger partial charge in [0.15, 0.2) is 5.76 Å². The van der Waals surface area contributed by atoms with Crippen molar-refractivity contribution in [3.63, 3.8) is 0 Å². The molecule has 2 aromatic carbocycles. The van der Waals surface area contributed by atoms with Crippen molar-refractivity contribution in [2.45, 2.75) is 37.8 Å². The third-order valence-electron chi connectivity index (χ3n) is 5.92. The van der Waals surface area contributed by atoms with Crippen LogP contribution in [0.4, 0.5) is 14.5 Å². The van der Waals surface area contributed by atoms with E-state index in [4.69, 9.17) is 4.42 Å². The Morgan fingerprint density at radius 1 is 0.971 bits per heavy atom. The number of nitrogens with one attached hydrogen (secondary N) is 2. The van der Waals surface area contributed by atoms with Gasteiger partial charge in [-0.2, -0.15) is 0 Å². The normalized spacial score (nSPS) is 14.3. The number of amides is 3. The lowest BCUT2D eigenvalue weighted by atomic mass is 10.0. The molecule has 0 radical (unpaired) electrons. The predicted octanol–water partition coefficient (Wildman–Crippen LogP) is 4.12. The molecule has 1 fully saturated rings. The molecule has 3 aromatic rings. The fourth-order valence-electron chi connectivity index (χ4n) is 4.21. The minimum absolute atomic E-state index is 0.00398. The van der Waals surface area contributed by atoms with E-state index in [0.29, 0.717) is 5.56 Å². The van der Waals surface area contributed by atoms with E-state index in [1.54, 1.807) is 0 Å². The zero-order valence-corrected chi connectivity index (χ0v) is 18.9. The Labute approximate surface area is 201 Å². The lowest BCUT2D eigenvalue weighted by Crippen LogP contribution is -2.49. The van der Waals surface area contributed by atoms with Crippen LogP contribution in [0.3, 0.4) is 0 Å². The highest BCUT2D eigenvalue weighted by Gasteiger charge is 2.35. The summed E-state index contributed by atoms with van der Waals surface area (Å²) in [6, 6.07) is 12.3. The second-order valence-electron chi connectivity index (χ2n) is 8.32. The molecule has 1 heterocycles. The Kier molecular flexibility index (Phi) is 7.54. The molecule has 2 N–H and O–H groups in total. The van der Waals surface area contributed by atoms with Crippen LogP contribution in [0.25, 0.3) is 0 Å². The maximum Gasteiger partial charge on any atom is 0.287 e. The van der Waals surface area contributed by atoms with Gasteiger partial charge >= 0.3 is 0 Å². The van der Waals surface area contributed by atoms with Crippen molar-refractivity contribution in [3.8, 4) is 0 Å². The van der Waals surface area contributed by atoms with Gasteiger partial charge in [0.2, 0.25) is 11.8 Å². The van der Waals surface area contributed by atoms with Crippen LogP contribution in [-0.2, 0) is 9.59 Å². The van der Waals surface area contributed by atoms with E-state index < -0.39 is 41.9 Å². The van der Waals surface area contributed by atoms with Crippen LogP contribution in [0, 0.1) is 11.6 Å². The van der Waals surface area contributed by atoms with Crippen molar-refractivity contribution < 1.29 is 27.6 Å². The average Bonchev–Trinajstić information content (AvgIpc) is 3.57. The molecule has 0 saturated heterocycles. The molecule has 3 amide bonds. The first-order valence-electron chi connectivity index (χ1n) is 11.4. The van der Waals surface area contributed by atoms with E-state index in [9.17, 15) is 23.2 Å². The van der Waals surface area contributed by atoms with Crippen LogP contribution in [0.15, 0.2) is 71.3 Å². The molecule has 0 unspecified atom stereocenters. The zero-order chi connectivity index (χ0) is 24.8. The van der Waals surface area contributed by atoms with E-state index in [-0.39, 0.29) is 17.5 Å². The molecule has 4 rings (SSSR count). The molecule has 0 spiro atoms. The lowest BCUT2D eigenvalue weighted by molar-refractivity contribution is -0.126. The van der Waals surface area contributed by atoms with Crippen LogP contribution in [0.5, 0.6) is 0 Å². The summed E-state index contributed by atoms with van der Waals surface area (Å²) < 4.78 is 33.7. The van der Waals surface area contributed by atoms with Crippen LogP contribution >= 0.6 is 0 Å². The van der Waals surface area contributed by atoms with E-state index in [1.165, 1.54) is 66.9 Å². The number of hydrogen-bond donors (Lipinski definition) is 2. The summed E-state index contributed by atoms with van der Waals surface area (Å²) in [4.78, 5) is 40.3. The highest BCUT2D eigenvalue weighted by Crippen LogP contribution is 2.31. The minimum atomic E-state index is -1.29. The van der Waals surface area contributed by atoms with Gasteiger partial charge in [-0.1, -0.05) is 37.1 Å². The number of hydrogen-bond acceptors (Lipinski definition) is 4. The van der Waals surface area contributed by atoms with Crippen LogP contribution < -0.4 is 15.5 Å². The largest absolute Gasteiger partial charge is 0.459 e. The number of rotatable bonds is 8. The number of para-hydroxylation sites is 1. The highest BCUT2D eigenvalue weighted by atomic mass is 19.1. The number of benzene rings is 2. The van der Waals surface area contributed by atoms with Gasteiger partial charge in [-0.25, -0.2) is 8.78 Å². The molecule has 0 bridgehead atoms. The van der Waals surface area contributed by atoms with Crippen LogP contribution in [0.2, 0.25) is 0 Å². The third-order valence-corrected chi connectivity index (χ3v) is 5.92. The van der Waals surface area contributed by atoms with Gasteiger partial charge in [0.1, 0.15) is 17.7 Å². The topological polar surface area (TPSA) is 91.7 Å². The van der Waals surface area contributed by atoms with E-state index in [2.05, 4.69) is 10.6 Å². The summed E-state index contributed by atoms with van der Waals surface area (Å²) in [6.45, 7) is -0.526. The molecule has 9 heteroatoms. The third kappa shape index (κ3) is 5.74. The first-order valence-corrected chi connectivity index (χ1v) is 11.4. The first-order chi connectivity index (χ1) is 16.9. The summed E-state index contributed by atoms with van der Waals surface area (Å²) in [7, 11) is 0. The number of carbonyl (C=O) groups excluding carboxylic acids is 3. The van der Waals surface area contributed by atoms with Gasteiger partial charge in [-0.05, 0) is 54.8 Å². The van der Waals surface area contributed by atoms with Crippen molar-refractivity contribution in [2.75, 3.05) is 11.4 Å². The molecule has 1 aliphatic rings. The summed E-state index contributed by atoms with van der Waals surface area (Å²) in [5, 5.41) is 5.40. The van der Waals surface area contributed by atoms with Crippen molar-refractivity contribution in [2.24, 2.45) is 0 Å². The molecular weight excluding hydrogens is 456 g/mol. The SMILES string of the molecule is O=C(NCC(=O)N(c1ccccc1F)[C@H](C(=O)NC1CCCC1)c1ccc(F)cc1)c1ccco1. The number of furan rings is 1. The number of nitrogens with zero attached hydrogens (tertiary/aromatic N) is 1. The molecule has 182 valence electrons. The Morgan fingerprint density at radius 3 is 2.34 bits per heavy atom. The predicted molar refractivity (Wildman–Crippen MR) is 124 cm³/mol. The van der Waals surface area contributed by atoms with Crippen LogP contribution in [0.1, 0.15) is 47.8 Å². The zero-order valence-electron chi connectivity index (χ0n) is 18.9. The Bertz CT molecular complexity index is 1180. The van der Waals surface area contributed by atoms with Crippen molar-refractivity contribution in [1.82, 2.24) is 10.6 Å². The molecule has 0 aliphatic heterocycles. The van der Waals surface area contributed by atoms with Gasteiger partial charge in [0.25, 0.3) is 5.91 Å². The Balaban J connectivity index is 1.69. The monoisotopic (exact) mass is 481 g/mol. The first kappa shape index (κ1) is 24.1. The van der Waals surface area contributed by atoms with Crippen molar-refractivity contribution in [1.29, 1.82) is 0 Å². The fraction of sp³-hybridized carbons (Fsp3) is 0.269. The van der Waals surface area contributed by atoms with Crippen LogP contribution in [-0.4, -0.2) is 30.3 Å². The Morgan fingerprint density at radius 2 is 1.69 bits per heavy atom. The van der Waals surface area contributed by atoms with E-state index in [0.717, 1.165) is 30.6 Å². The smallest absolute Gasteiger partial charge is 0.287 e. The van der Waals surface area contributed by atoms with Gasteiger partial charge in [-0.15, -0.1) is 0 Å². The molecular formula is C26H25F2N3O4. The fourth-order valence-corrected chi connectivity index (χ4v) is 4.21. The maximum atomic E-state index is 14.9. The lowest BCUT2D eigenvalue weighted by Gasteiger charge is -2.32. The van der Waals surface area contributed by atoms with E-state index in [1.807, 2.05) is 0 Å². The van der Waals surface area contributed by atoms with Gasteiger partial charge < -0.3 is 15.1 Å². The van der Waals surface area contributed by atoms with Gasteiger partial charge in [0.05, 0.1) is 18.5 Å². The average molecular weight is 481 g/mol. The quantitative estimate of drug-likeness (QED) is 0.506. The second kappa shape index (κ2) is 10.9. The van der Waals surface area contributed by atoms with Crippen molar-refractivity contribution in [3.05, 3.63) is 89.9 Å². The highest BCUT2D eigenvalue weighted by molar-refractivity contribution is 6.04. The van der Waals surface area contributed by atoms with Gasteiger partial charge in [-0.3, -0.25) is 19.3 Å². The maximum absolute atomic E-state index is 14.9. The molecule has 1 saturated carbocycles. The van der Waals surface area contributed by atoms with Crippen molar-refractivity contribution >= 4 is 23.4 Å². The van der Waals surface area contributed by atoms with E-state index >= 15 is 0 Å². The second-order valence-corrected chi connectivity index (χ2v) is 8.32. The number of anilines is 1. The molecule has 1 aromatic heterocycles. The molecule has 7 nitrogen and oxygen atoms in total. The molecule has 1 aliphatic carbocycles. The van der Waals surface area contributed by atoms with Gasteiger partial charge in [0, 0.05) is 6.04 Å². The Hall–Kier alpha value is -4.01. The molecule has 35 heavy (non-hydrogen) atoms. The number of carbonyl (C=O) groups is 3.